The van der Waals surface area contributed by atoms with Gasteiger partial charge in [-0.15, -0.1) is 11.3 Å². The summed E-state index contributed by atoms with van der Waals surface area (Å²) >= 11 is 1.71. The van der Waals surface area contributed by atoms with Crippen LogP contribution in [0.3, 0.4) is 0 Å². The molecule has 0 radical (unpaired) electrons. The fraction of sp³-hybridized carbons (Fsp3) is 0.421. The Bertz CT molecular complexity index is 723. The SMILES string of the molecule is CCOc1ccc(NC(=O)c2csc3c2CCCC3)cc1OCC. The Balaban J connectivity index is 1.79. The van der Waals surface area contributed by atoms with Gasteiger partial charge in [-0.3, -0.25) is 4.79 Å². The van der Waals surface area contributed by atoms with E-state index in [4.69, 9.17) is 9.47 Å². The Kier molecular flexibility index (Phi) is 5.41. The van der Waals surface area contributed by atoms with E-state index in [1.807, 2.05) is 37.4 Å². The molecule has 0 saturated heterocycles. The molecule has 0 atom stereocenters. The molecule has 128 valence electrons. The van der Waals surface area contributed by atoms with Crippen LogP contribution in [0, 0.1) is 0 Å². The Labute approximate surface area is 146 Å². The van der Waals surface area contributed by atoms with Crippen molar-refractivity contribution in [1.82, 2.24) is 0 Å². The summed E-state index contributed by atoms with van der Waals surface area (Å²) in [6.07, 6.45) is 4.51. The third kappa shape index (κ3) is 3.56. The molecule has 0 spiro atoms. The van der Waals surface area contributed by atoms with Crippen molar-refractivity contribution < 1.29 is 14.3 Å². The summed E-state index contributed by atoms with van der Waals surface area (Å²) in [5.74, 6) is 1.32. The van der Waals surface area contributed by atoms with Crippen LogP contribution >= 0.6 is 11.3 Å². The third-order valence-electron chi connectivity index (χ3n) is 4.11. The maximum atomic E-state index is 12.7. The number of carbonyl (C=O) groups is 1. The Morgan fingerprint density at radius 3 is 2.67 bits per heavy atom. The van der Waals surface area contributed by atoms with Crippen molar-refractivity contribution in [3.8, 4) is 11.5 Å². The maximum Gasteiger partial charge on any atom is 0.256 e. The first-order chi connectivity index (χ1) is 11.7. The van der Waals surface area contributed by atoms with E-state index in [-0.39, 0.29) is 5.91 Å². The maximum absolute atomic E-state index is 12.7. The number of nitrogens with one attached hydrogen (secondary N) is 1. The summed E-state index contributed by atoms with van der Waals surface area (Å²) < 4.78 is 11.2. The van der Waals surface area contributed by atoms with Crippen LogP contribution in [-0.4, -0.2) is 19.1 Å². The van der Waals surface area contributed by atoms with E-state index in [1.165, 1.54) is 23.3 Å². The molecule has 4 nitrogen and oxygen atoms in total. The Morgan fingerprint density at radius 1 is 1.12 bits per heavy atom. The van der Waals surface area contributed by atoms with Gasteiger partial charge >= 0.3 is 0 Å². The van der Waals surface area contributed by atoms with Gasteiger partial charge in [0.2, 0.25) is 0 Å². The molecule has 0 aliphatic heterocycles. The highest BCUT2D eigenvalue weighted by Gasteiger charge is 2.20. The quantitative estimate of drug-likeness (QED) is 0.827. The average Bonchev–Trinajstić information content (AvgIpc) is 3.02. The Morgan fingerprint density at radius 2 is 1.88 bits per heavy atom. The molecule has 0 bridgehead atoms. The molecule has 0 saturated carbocycles. The monoisotopic (exact) mass is 345 g/mol. The van der Waals surface area contributed by atoms with Crippen LogP contribution in [0.2, 0.25) is 0 Å². The molecule has 1 amide bonds. The van der Waals surface area contributed by atoms with Crippen LogP contribution in [0.4, 0.5) is 5.69 Å². The summed E-state index contributed by atoms with van der Waals surface area (Å²) in [5.41, 5.74) is 2.78. The lowest BCUT2D eigenvalue weighted by molar-refractivity contribution is 0.102. The van der Waals surface area contributed by atoms with E-state index >= 15 is 0 Å². The van der Waals surface area contributed by atoms with Gasteiger partial charge in [0.15, 0.2) is 11.5 Å². The molecule has 1 aromatic heterocycles. The molecule has 5 heteroatoms. The molecule has 24 heavy (non-hydrogen) atoms. The van der Waals surface area contributed by atoms with E-state index in [1.54, 1.807) is 11.3 Å². The summed E-state index contributed by atoms with van der Waals surface area (Å²) in [7, 11) is 0. The van der Waals surface area contributed by atoms with E-state index < -0.39 is 0 Å². The van der Waals surface area contributed by atoms with Crippen molar-refractivity contribution in [1.29, 1.82) is 0 Å². The molecule has 0 fully saturated rings. The van der Waals surface area contributed by atoms with Gasteiger partial charge < -0.3 is 14.8 Å². The molecule has 2 aromatic rings. The number of hydrogen-bond acceptors (Lipinski definition) is 4. The molecule has 3 rings (SSSR count). The van der Waals surface area contributed by atoms with Gasteiger partial charge in [-0.2, -0.15) is 0 Å². The number of aryl methyl sites for hydroxylation is 1. The van der Waals surface area contributed by atoms with E-state index in [9.17, 15) is 4.79 Å². The minimum Gasteiger partial charge on any atom is -0.490 e. The van der Waals surface area contributed by atoms with E-state index in [0.717, 1.165) is 24.1 Å². The fourth-order valence-corrected chi connectivity index (χ4v) is 4.14. The molecule has 1 aliphatic rings. The van der Waals surface area contributed by atoms with Gasteiger partial charge in [-0.05, 0) is 57.2 Å². The van der Waals surface area contributed by atoms with Crippen LogP contribution in [0.5, 0.6) is 11.5 Å². The van der Waals surface area contributed by atoms with Crippen molar-refractivity contribution >= 4 is 22.9 Å². The van der Waals surface area contributed by atoms with Gasteiger partial charge in [0, 0.05) is 22.0 Å². The van der Waals surface area contributed by atoms with Crippen LogP contribution in [0.1, 0.15) is 47.5 Å². The number of amides is 1. The van der Waals surface area contributed by atoms with Gasteiger partial charge in [-0.25, -0.2) is 0 Å². The largest absolute Gasteiger partial charge is 0.490 e. The van der Waals surface area contributed by atoms with Crippen molar-refractivity contribution in [3.63, 3.8) is 0 Å². The van der Waals surface area contributed by atoms with Crippen molar-refractivity contribution in [3.05, 3.63) is 39.6 Å². The summed E-state index contributed by atoms with van der Waals surface area (Å²) in [6.45, 7) is 4.99. The van der Waals surface area contributed by atoms with Gasteiger partial charge in [0.25, 0.3) is 5.91 Å². The smallest absolute Gasteiger partial charge is 0.256 e. The lowest BCUT2D eigenvalue weighted by atomic mass is 9.95. The zero-order chi connectivity index (χ0) is 16.9. The first kappa shape index (κ1) is 16.8. The number of hydrogen-bond donors (Lipinski definition) is 1. The predicted molar refractivity (Wildman–Crippen MR) is 97.7 cm³/mol. The second-order valence-electron chi connectivity index (χ2n) is 5.74. The van der Waals surface area contributed by atoms with Crippen LogP contribution in [0.25, 0.3) is 0 Å². The van der Waals surface area contributed by atoms with Crippen LogP contribution in [-0.2, 0) is 12.8 Å². The number of fused-ring (bicyclic) bond motifs is 1. The average molecular weight is 345 g/mol. The number of carbonyl (C=O) groups excluding carboxylic acids is 1. The van der Waals surface area contributed by atoms with Crippen LogP contribution in [0.15, 0.2) is 23.6 Å². The standard InChI is InChI=1S/C19H23NO3S/c1-3-22-16-10-9-13(11-17(16)23-4-2)20-19(21)15-12-24-18-8-6-5-7-14(15)18/h9-12H,3-8H2,1-2H3,(H,20,21). The molecule has 1 aliphatic carbocycles. The van der Waals surface area contributed by atoms with Crippen molar-refractivity contribution in [2.45, 2.75) is 39.5 Å². The molecule has 1 aromatic carbocycles. The highest BCUT2D eigenvalue weighted by molar-refractivity contribution is 7.10. The topological polar surface area (TPSA) is 47.6 Å². The first-order valence-corrected chi connectivity index (χ1v) is 9.41. The lowest BCUT2D eigenvalue weighted by Gasteiger charge is -2.14. The summed E-state index contributed by atoms with van der Waals surface area (Å²) in [6, 6.07) is 5.52. The lowest BCUT2D eigenvalue weighted by Crippen LogP contribution is -2.14. The second-order valence-corrected chi connectivity index (χ2v) is 6.70. The van der Waals surface area contributed by atoms with Crippen molar-refractivity contribution in [2.24, 2.45) is 0 Å². The van der Waals surface area contributed by atoms with Gasteiger partial charge in [0.05, 0.1) is 18.8 Å². The van der Waals surface area contributed by atoms with Crippen molar-refractivity contribution in [2.75, 3.05) is 18.5 Å². The van der Waals surface area contributed by atoms with E-state index in [2.05, 4.69) is 5.32 Å². The van der Waals surface area contributed by atoms with Gasteiger partial charge in [-0.1, -0.05) is 0 Å². The zero-order valence-electron chi connectivity index (χ0n) is 14.2. The minimum absolute atomic E-state index is 0.0407. The molecule has 0 unspecified atom stereocenters. The number of benzene rings is 1. The number of rotatable bonds is 6. The van der Waals surface area contributed by atoms with E-state index in [0.29, 0.717) is 24.7 Å². The number of anilines is 1. The third-order valence-corrected chi connectivity index (χ3v) is 5.20. The second kappa shape index (κ2) is 7.71. The molecular formula is C19H23NO3S. The molecular weight excluding hydrogens is 322 g/mol. The van der Waals surface area contributed by atoms with Crippen LogP contribution < -0.4 is 14.8 Å². The number of ether oxygens (including phenoxy) is 2. The first-order valence-electron chi connectivity index (χ1n) is 8.53. The number of thiophene rings is 1. The highest BCUT2D eigenvalue weighted by Crippen LogP contribution is 2.33. The minimum atomic E-state index is -0.0407. The highest BCUT2D eigenvalue weighted by atomic mass is 32.1. The summed E-state index contributed by atoms with van der Waals surface area (Å²) in [5, 5.41) is 4.98. The zero-order valence-corrected chi connectivity index (χ0v) is 15.0. The predicted octanol–water partition coefficient (Wildman–Crippen LogP) is 4.68. The molecule has 1 N–H and O–H groups in total. The molecule has 1 heterocycles. The normalized spacial score (nSPS) is 13.2. The van der Waals surface area contributed by atoms with Gasteiger partial charge in [0.1, 0.15) is 0 Å². The summed E-state index contributed by atoms with van der Waals surface area (Å²) in [4.78, 5) is 14.0. The fourth-order valence-electron chi connectivity index (χ4n) is 3.01. The Hall–Kier alpha value is -2.01.